The third-order valence-corrected chi connectivity index (χ3v) is 3.71. The number of nitrogens with zero attached hydrogens (tertiary/aromatic N) is 1. The lowest BCUT2D eigenvalue weighted by Gasteiger charge is -2.24. The predicted octanol–water partition coefficient (Wildman–Crippen LogP) is 3.20. The Hall–Kier alpha value is -1.82. The zero-order valence-corrected chi connectivity index (χ0v) is 14.6. The van der Waals surface area contributed by atoms with E-state index in [1.165, 1.54) is 6.07 Å². The highest BCUT2D eigenvalue weighted by Crippen LogP contribution is 2.23. The molecule has 0 aliphatic carbocycles. The molecule has 0 spiro atoms. The number of anilines is 2. The van der Waals surface area contributed by atoms with Crippen molar-refractivity contribution in [2.75, 3.05) is 23.8 Å². The molecule has 1 aromatic rings. The summed E-state index contributed by atoms with van der Waals surface area (Å²) >= 11 is 0. The molecular formula is C17H28FN3O2. The van der Waals surface area contributed by atoms with Crippen LogP contribution in [0.1, 0.15) is 34.1 Å². The molecule has 2 amide bonds. The summed E-state index contributed by atoms with van der Waals surface area (Å²) in [5, 5.41) is 14.6. The largest absolute Gasteiger partial charge is 0.393 e. The summed E-state index contributed by atoms with van der Waals surface area (Å²) in [6.07, 6.45) is 0.222. The van der Waals surface area contributed by atoms with E-state index < -0.39 is 6.10 Å². The molecular weight excluding hydrogens is 297 g/mol. The van der Waals surface area contributed by atoms with Crippen molar-refractivity contribution in [1.29, 1.82) is 0 Å². The first-order chi connectivity index (χ1) is 10.7. The second-order valence-electron chi connectivity index (χ2n) is 6.40. The lowest BCUT2D eigenvalue weighted by atomic mass is 10.1. The lowest BCUT2D eigenvalue weighted by Crippen LogP contribution is -2.33. The summed E-state index contributed by atoms with van der Waals surface area (Å²) in [7, 11) is 1.83. The highest BCUT2D eigenvalue weighted by molar-refractivity contribution is 5.89. The molecule has 0 saturated carbocycles. The van der Waals surface area contributed by atoms with Gasteiger partial charge in [-0.3, -0.25) is 0 Å². The van der Waals surface area contributed by atoms with Gasteiger partial charge in [-0.05, 0) is 51.3 Å². The van der Waals surface area contributed by atoms with Gasteiger partial charge in [-0.1, -0.05) is 6.92 Å². The average molecular weight is 325 g/mol. The number of amides is 2. The summed E-state index contributed by atoms with van der Waals surface area (Å²) in [4.78, 5) is 13.7. The van der Waals surface area contributed by atoms with Crippen LogP contribution in [0, 0.1) is 11.7 Å². The predicted molar refractivity (Wildman–Crippen MR) is 92.4 cm³/mol. The molecule has 0 radical (unpaired) electrons. The Morgan fingerprint density at radius 1 is 1.30 bits per heavy atom. The van der Waals surface area contributed by atoms with Crippen molar-refractivity contribution >= 4 is 17.4 Å². The summed E-state index contributed by atoms with van der Waals surface area (Å²) in [5.41, 5.74) is 0.903. The fourth-order valence-electron chi connectivity index (χ4n) is 2.26. The first-order valence-electron chi connectivity index (χ1n) is 7.96. The number of benzene rings is 1. The number of hydrogen-bond donors (Lipinski definition) is 3. The van der Waals surface area contributed by atoms with E-state index in [1.54, 1.807) is 19.1 Å². The molecule has 1 aromatic carbocycles. The van der Waals surface area contributed by atoms with Crippen molar-refractivity contribution in [2.45, 2.75) is 46.3 Å². The number of rotatable bonds is 7. The zero-order valence-electron chi connectivity index (χ0n) is 14.6. The Morgan fingerprint density at radius 2 is 1.96 bits per heavy atom. The van der Waals surface area contributed by atoms with E-state index in [0.29, 0.717) is 24.3 Å². The van der Waals surface area contributed by atoms with Crippen LogP contribution in [0.5, 0.6) is 0 Å². The van der Waals surface area contributed by atoms with Gasteiger partial charge in [0, 0.05) is 25.3 Å². The van der Waals surface area contributed by atoms with E-state index in [2.05, 4.69) is 10.6 Å². The van der Waals surface area contributed by atoms with Gasteiger partial charge < -0.3 is 20.6 Å². The average Bonchev–Trinajstić information content (AvgIpc) is 2.44. The maximum atomic E-state index is 14.1. The summed E-state index contributed by atoms with van der Waals surface area (Å²) in [5.74, 6) is -0.207. The third-order valence-electron chi connectivity index (χ3n) is 3.71. The minimum atomic E-state index is -0.394. The topological polar surface area (TPSA) is 64.6 Å². The standard InChI is InChI=1S/C17H28FN3O2/c1-11(2)21(5)16-7-6-14(9-15(16)18)20-17(23)19-10-12(3)8-13(4)22/h6-7,9,11-13,22H,8,10H2,1-5H3,(H2,19,20,23). The van der Waals surface area contributed by atoms with Gasteiger partial charge in [0.05, 0.1) is 11.8 Å². The van der Waals surface area contributed by atoms with Gasteiger partial charge in [0.25, 0.3) is 0 Å². The zero-order chi connectivity index (χ0) is 17.6. The molecule has 2 atom stereocenters. The van der Waals surface area contributed by atoms with Crippen LogP contribution in [0.15, 0.2) is 18.2 Å². The molecule has 5 nitrogen and oxygen atoms in total. The second-order valence-corrected chi connectivity index (χ2v) is 6.40. The number of nitrogens with one attached hydrogen (secondary N) is 2. The van der Waals surface area contributed by atoms with Crippen LogP contribution in [0.4, 0.5) is 20.6 Å². The fraction of sp³-hybridized carbons (Fsp3) is 0.588. The monoisotopic (exact) mass is 325 g/mol. The van der Waals surface area contributed by atoms with Crippen LogP contribution in [-0.4, -0.2) is 36.9 Å². The van der Waals surface area contributed by atoms with Gasteiger partial charge >= 0.3 is 6.03 Å². The number of halogens is 1. The molecule has 130 valence electrons. The maximum absolute atomic E-state index is 14.1. The summed E-state index contributed by atoms with van der Waals surface area (Å²) in [6.45, 7) is 8.08. The molecule has 0 bridgehead atoms. The first kappa shape index (κ1) is 19.2. The van der Waals surface area contributed by atoms with Gasteiger partial charge in [-0.25, -0.2) is 9.18 Å². The molecule has 1 rings (SSSR count). The molecule has 0 heterocycles. The number of hydrogen-bond acceptors (Lipinski definition) is 3. The van der Waals surface area contributed by atoms with E-state index in [4.69, 9.17) is 0 Å². The van der Waals surface area contributed by atoms with E-state index >= 15 is 0 Å². The van der Waals surface area contributed by atoms with Gasteiger partial charge in [0.15, 0.2) is 0 Å². The second kappa shape index (κ2) is 8.72. The highest BCUT2D eigenvalue weighted by Gasteiger charge is 2.12. The third kappa shape index (κ3) is 6.44. The first-order valence-corrected chi connectivity index (χ1v) is 7.96. The van der Waals surface area contributed by atoms with Gasteiger partial charge in [-0.15, -0.1) is 0 Å². The maximum Gasteiger partial charge on any atom is 0.319 e. The van der Waals surface area contributed by atoms with Crippen LogP contribution >= 0.6 is 0 Å². The van der Waals surface area contributed by atoms with E-state index in [9.17, 15) is 14.3 Å². The molecule has 0 saturated heterocycles. The highest BCUT2D eigenvalue weighted by atomic mass is 19.1. The summed E-state index contributed by atoms with van der Waals surface area (Å²) in [6, 6.07) is 4.44. The van der Waals surface area contributed by atoms with Crippen molar-refractivity contribution < 1.29 is 14.3 Å². The Morgan fingerprint density at radius 3 is 2.48 bits per heavy atom. The smallest absolute Gasteiger partial charge is 0.319 e. The Balaban J connectivity index is 2.57. The molecule has 3 N–H and O–H groups in total. The molecule has 6 heteroatoms. The molecule has 23 heavy (non-hydrogen) atoms. The molecule has 0 aliphatic heterocycles. The quantitative estimate of drug-likeness (QED) is 0.721. The van der Waals surface area contributed by atoms with Crippen LogP contribution in [-0.2, 0) is 0 Å². The number of carbonyl (C=O) groups excluding carboxylic acids is 1. The van der Waals surface area contributed by atoms with Crippen molar-refractivity contribution in [3.63, 3.8) is 0 Å². The van der Waals surface area contributed by atoms with E-state index in [1.807, 2.05) is 32.7 Å². The van der Waals surface area contributed by atoms with Crippen molar-refractivity contribution in [3.8, 4) is 0 Å². The molecule has 2 unspecified atom stereocenters. The van der Waals surface area contributed by atoms with Gasteiger partial charge in [-0.2, -0.15) is 0 Å². The fourth-order valence-corrected chi connectivity index (χ4v) is 2.26. The number of urea groups is 1. The van der Waals surface area contributed by atoms with Crippen molar-refractivity contribution in [2.24, 2.45) is 5.92 Å². The van der Waals surface area contributed by atoms with Gasteiger partial charge in [0.1, 0.15) is 5.82 Å². The minimum absolute atomic E-state index is 0.166. The van der Waals surface area contributed by atoms with E-state index in [0.717, 1.165) is 0 Å². The minimum Gasteiger partial charge on any atom is -0.393 e. The van der Waals surface area contributed by atoms with Crippen LogP contribution < -0.4 is 15.5 Å². The Bertz CT molecular complexity index is 521. The number of aliphatic hydroxyl groups excluding tert-OH is 1. The van der Waals surface area contributed by atoms with Crippen molar-refractivity contribution in [3.05, 3.63) is 24.0 Å². The molecule has 0 aromatic heterocycles. The van der Waals surface area contributed by atoms with Crippen LogP contribution in [0.3, 0.4) is 0 Å². The summed E-state index contributed by atoms with van der Waals surface area (Å²) < 4.78 is 14.1. The molecule has 0 fully saturated rings. The van der Waals surface area contributed by atoms with Gasteiger partial charge in [0.2, 0.25) is 0 Å². The Labute approximate surface area is 137 Å². The van der Waals surface area contributed by atoms with Crippen molar-refractivity contribution in [1.82, 2.24) is 5.32 Å². The Kier molecular flexibility index (Phi) is 7.29. The normalized spacial score (nSPS) is 13.6. The number of aliphatic hydroxyl groups is 1. The van der Waals surface area contributed by atoms with Crippen LogP contribution in [0.2, 0.25) is 0 Å². The SMILES string of the molecule is CC(O)CC(C)CNC(=O)Nc1ccc(N(C)C(C)C)c(F)c1. The lowest BCUT2D eigenvalue weighted by molar-refractivity contribution is 0.163. The van der Waals surface area contributed by atoms with E-state index in [-0.39, 0.29) is 23.8 Å². The molecule has 0 aliphatic rings. The number of carbonyl (C=O) groups is 1. The van der Waals surface area contributed by atoms with Crippen LogP contribution in [0.25, 0.3) is 0 Å².